The maximum atomic E-state index is 13.9. The Morgan fingerprint density at radius 1 is 0.514 bits per heavy atom. The predicted molar refractivity (Wildman–Crippen MR) is 247 cm³/mol. The summed E-state index contributed by atoms with van der Waals surface area (Å²) in [7, 11) is 0. The standard InChI is InChI=1S/C50H72O20/c1-15-49(13,25-17-19-28(3)4)69-47-45(67-39(58)24-22-31(7)52)42(66-38(57)23-21-30(6)51)40(32(8)61-47)68-46(59)29(5)20-18-26-50(14,16-2)70-48-44(64-36(12)56)43(63-35(11)55)41(62-34(10)54)37(65-48)27-60-33(9)53/h15-16,19-20,32,37,40-45,47-48H,1-2,17-18,21-27H2,3-14H3/b29-20+/t32-,37-,40-,41-,42+,43+,44-,45-,47+,48+,49+,50+/m1/s1. The minimum absolute atomic E-state index is 0.0689. The summed E-state index contributed by atoms with van der Waals surface area (Å²) < 4.78 is 64.6. The average molecular weight is 993 g/mol. The fourth-order valence-corrected chi connectivity index (χ4v) is 7.22. The number of hydrogen-bond acceptors (Lipinski definition) is 20. The van der Waals surface area contributed by atoms with Gasteiger partial charge in [-0.3, -0.25) is 28.8 Å². The Hall–Kier alpha value is -5.57. The highest BCUT2D eigenvalue weighted by atomic mass is 16.8. The first kappa shape index (κ1) is 60.6. The minimum Gasteiger partial charge on any atom is -0.463 e. The van der Waals surface area contributed by atoms with E-state index in [1.807, 2.05) is 19.9 Å². The summed E-state index contributed by atoms with van der Waals surface area (Å²) in [6, 6.07) is 0. The first-order valence-corrected chi connectivity index (χ1v) is 23.1. The van der Waals surface area contributed by atoms with Crippen LogP contribution in [0.1, 0.15) is 134 Å². The van der Waals surface area contributed by atoms with Crippen LogP contribution in [-0.4, -0.2) is 133 Å². The van der Waals surface area contributed by atoms with Crippen LogP contribution in [0.25, 0.3) is 0 Å². The van der Waals surface area contributed by atoms with E-state index in [4.69, 9.17) is 52.1 Å². The molecule has 0 aromatic carbocycles. The second-order valence-electron chi connectivity index (χ2n) is 18.0. The Morgan fingerprint density at radius 3 is 1.40 bits per heavy atom. The second-order valence-corrected chi connectivity index (χ2v) is 18.0. The van der Waals surface area contributed by atoms with Crippen LogP contribution in [0, 0.1) is 0 Å². The van der Waals surface area contributed by atoms with Crippen LogP contribution in [0.2, 0.25) is 0 Å². The van der Waals surface area contributed by atoms with Crippen molar-refractivity contribution in [3.8, 4) is 0 Å². The molecule has 20 heteroatoms. The minimum atomic E-state index is -1.54. The van der Waals surface area contributed by atoms with Crippen LogP contribution in [0.4, 0.5) is 0 Å². The van der Waals surface area contributed by atoms with Gasteiger partial charge in [-0.1, -0.05) is 29.9 Å². The molecule has 2 aliphatic rings. The number of rotatable bonds is 27. The third-order valence-electron chi connectivity index (χ3n) is 11.1. The topological polar surface area (TPSA) is 255 Å². The molecular formula is C50H72O20. The SMILES string of the molecule is C=C[C@@](C)(CCC=C(C)C)O[C@@H]1O[C@H](C)[C@@H](OC(=O)/C(C)=C/CC[C@](C)(C=C)O[C@@H]2O[C@H](COC(C)=O)[C@@H](OC(C)=O)[C@H](OC(C)=O)[C@H]2OC(C)=O)[C@H](OC(=O)CCC(C)=O)[C@H]1OC(=O)CCC(C)=O. The van der Waals surface area contributed by atoms with E-state index in [9.17, 15) is 43.2 Å². The lowest BCUT2D eigenvalue weighted by molar-refractivity contribution is -0.324. The molecule has 0 spiro atoms. The molecule has 0 aromatic heterocycles. The van der Waals surface area contributed by atoms with E-state index in [-0.39, 0.29) is 55.7 Å². The molecule has 0 amide bonds. The second kappa shape index (κ2) is 28.3. The molecule has 0 N–H and O–H groups in total. The van der Waals surface area contributed by atoms with Crippen molar-refractivity contribution in [1.82, 2.24) is 0 Å². The lowest BCUT2D eigenvalue weighted by Crippen LogP contribution is -2.63. The van der Waals surface area contributed by atoms with Gasteiger partial charge in [-0.05, 0) is 81.1 Å². The number of esters is 7. The van der Waals surface area contributed by atoms with E-state index < -0.39 is 121 Å². The number of hydrogen-bond donors (Lipinski definition) is 0. The van der Waals surface area contributed by atoms with Gasteiger partial charge in [0.25, 0.3) is 0 Å². The van der Waals surface area contributed by atoms with Crippen LogP contribution in [-0.2, 0) is 95.3 Å². The lowest BCUT2D eigenvalue weighted by atomic mass is 9.95. The fraction of sp³-hybridized carbons (Fsp3) is 0.660. The van der Waals surface area contributed by atoms with E-state index in [0.29, 0.717) is 12.8 Å². The van der Waals surface area contributed by atoms with Crippen molar-refractivity contribution in [3.05, 3.63) is 48.6 Å². The molecule has 2 saturated heterocycles. The number of carbonyl (C=O) groups excluding carboxylic acids is 9. The van der Waals surface area contributed by atoms with Gasteiger partial charge >= 0.3 is 41.8 Å². The predicted octanol–water partition coefficient (Wildman–Crippen LogP) is 5.68. The molecule has 0 aromatic rings. The van der Waals surface area contributed by atoms with E-state index in [0.717, 1.165) is 33.3 Å². The highest BCUT2D eigenvalue weighted by Gasteiger charge is 2.55. The van der Waals surface area contributed by atoms with E-state index in [2.05, 4.69) is 13.2 Å². The normalized spacial score (nSPS) is 26.0. The molecular weight excluding hydrogens is 921 g/mol. The van der Waals surface area contributed by atoms with Gasteiger partial charge in [0.1, 0.15) is 24.3 Å². The Morgan fingerprint density at radius 2 is 0.943 bits per heavy atom. The number of carbonyl (C=O) groups is 9. The van der Waals surface area contributed by atoms with E-state index >= 15 is 0 Å². The highest BCUT2D eigenvalue weighted by Crippen LogP contribution is 2.36. The van der Waals surface area contributed by atoms with Gasteiger partial charge in [0.05, 0.1) is 30.1 Å². The molecule has 2 aliphatic heterocycles. The fourth-order valence-electron chi connectivity index (χ4n) is 7.22. The molecule has 2 heterocycles. The molecule has 12 atom stereocenters. The van der Waals surface area contributed by atoms with Gasteiger partial charge in [-0.2, -0.15) is 0 Å². The first-order valence-electron chi connectivity index (χ1n) is 23.1. The van der Waals surface area contributed by atoms with Crippen LogP contribution >= 0.6 is 0 Å². The molecule has 0 radical (unpaired) electrons. The molecule has 70 heavy (non-hydrogen) atoms. The molecule has 0 bridgehead atoms. The summed E-state index contributed by atoms with van der Waals surface area (Å²) in [6.07, 6.45) is -7.40. The molecule has 2 rings (SSSR count). The van der Waals surface area contributed by atoms with Gasteiger partial charge in [-0.25, -0.2) is 4.79 Å². The average Bonchev–Trinajstić information content (AvgIpc) is 3.25. The van der Waals surface area contributed by atoms with Gasteiger partial charge in [0.2, 0.25) is 0 Å². The van der Waals surface area contributed by atoms with Crippen molar-refractivity contribution in [3.63, 3.8) is 0 Å². The molecule has 0 aliphatic carbocycles. The number of Topliss-reactive ketones (excluding diaryl/α,β-unsaturated/α-hetero) is 2. The van der Waals surface area contributed by atoms with E-state index in [1.165, 1.54) is 32.9 Å². The van der Waals surface area contributed by atoms with Crippen LogP contribution in [0.5, 0.6) is 0 Å². The summed E-state index contributed by atoms with van der Waals surface area (Å²) in [5.74, 6) is -6.31. The summed E-state index contributed by atoms with van der Waals surface area (Å²) in [5.41, 5.74) is -1.26. The monoisotopic (exact) mass is 992 g/mol. The van der Waals surface area contributed by atoms with Crippen molar-refractivity contribution in [1.29, 1.82) is 0 Å². The van der Waals surface area contributed by atoms with E-state index in [1.54, 1.807) is 26.8 Å². The third-order valence-corrected chi connectivity index (χ3v) is 11.1. The highest BCUT2D eigenvalue weighted by molar-refractivity contribution is 5.88. The van der Waals surface area contributed by atoms with Crippen molar-refractivity contribution in [2.24, 2.45) is 0 Å². The van der Waals surface area contributed by atoms with Crippen LogP contribution in [0.15, 0.2) is 48.6 Å². The lowest BCUT2D eigenvalue weighted by Gasteiger charge is -2.46. The summed E-state index contributed by atoms with van der Waals surface area (Å²) in [6.45, 7) is 24.7. The van der Waals surface area contributed by atoms with Crippen molar-refractivity contribution < 1.29 is 95.3 Å². The Bertz CT molecular complexity index is 1970. The van der Waals surface area contributed by atoms with Crippen molar-refractivity contribution in [2.75, 3.05) is 6.61 Å². The molecule has 0 unspecified atom stereocenters. The zero-order chi connectivity index (χ0) is 53.1. The number of ketones is 2. The Balaban J connectivity index is 2.52. The smallest absolute Gasteiger partial charge is 0.333 e. The largest absolute Gasteiger partial charge is 0.463 e. The first-order chi connectivity index (χ1) is 32.6. The summed E-state index contributed by atoms with van der Waals surface area (Å²) >= 11 is 0. The quantitative estimate of drug-likeness (QED) is 0.0415. The summed E-state index contributed by atoms with van der Waals surface area (Å²) in [4.78, 5) is 113. The maximum absolute atomic E-state index is 13.9. The molecule has 2 fully saturated rings. The number of allylic oxidation sites excluding steroid dienone is 3. The van der Waals surface area contributed by atoms with Crippen LogP contribution < -0.4 is 0 Å². The van der Waals surface area contributed by atoms with Crippen molar-refractivity contribution >= 4 is 53.4 Å². The van der Waals surface area contributed by atoms with Gasteiger partial charge < -0.3 is 61.7 Å². The van der Waals surface area contributed by atoms with Gasteiger partial charge in [0.15, 0.2) is 49.2 Å². The summed E-state index contributed by atoms with van der Waals surface area (Å²) in [5, 5.41) is 0. The van der Waals surface area contributed by atoms with Crippen molar-refractivity contribution in [2.45, 2.75) is 207 Å². The zero-order valence-corrected chi connectivity index (χ0v) is 42.5. The Kier molecular flexibility index (Phi) is 24.5. The molecule has 392 valence electrons. The molecule has 0 saturated carbocycles. The third kappa shape index (κ3) is 20.4. The zero-order valence-electron chi connectivity index (χ0n) is 42.5. The van der Waals surface area contributed by atoms with Gasteiger partial charge in [0, 0.05) is 46.1 Å². The molecule has 20 nitrogen and oxygen atoms in total. The van der Waals surface area contributed by atoms with Gasteiger partial charge in [-0.15, -0.1) is 13.2 Å². The number of ether oxygens (including phenoxy) is 11. The van der Waals surface area contributed by atoms with Crippen LogP contribution in [0.3, 0.4) is 0 Å². The maximum Gasteiger partial charge on any atom is 0.333 e. The Labute approximate surface area is 410 Å².